The normalized spacial score (nSPS) is 12.8. The van der Waals surface area contributed by atoms with Crippen LogP contribution in [0.1, 0.15) is 20.3 Å². The fourth-order valence-electron chi connectivity index (χ4n) is 2.63. The number of allylic oxidation sites excluding steroid dienone is 1. The zero-order valence-corrected chi connectivity index (χ0v) is 17.2. The molecule has 0 saturated carbocycles. The second-order valence-corrected chi connectivity index (χ2v) is 7.26. The molecule has 0 aliphatic carbocycles. The molecule has 2 atom stereocenters. The van der Waals surface area contributed by atoms with Gasteiger partial charge in [0.2, 0.25) is 5.91 Å². The number of benzene rings is 1. The summed E-state index contributed by atoms with van der Waals surface area (Å²) in [7, 11) is 1.32. The molecular weight excluding hydrogens is 376 g/mol. The summed E-state index contributed by atoms with van der Waals surface area (Å²) in [6, 6.07) is 9.06. The molecule has 28 heavy (non-hydrogen) atoms. The number of nitrogens with one attached hydrogen (secondary N) is 1. The fourth-order valence-corrected chi connectivity index (χ4v) is 3.39. The molecule has 7 nitrogen and oxygen atoms in total. The third-order valence-electron chi connectivity index (χ3n) is 4.38. The second kappa shape index (κ2) is 10.7. The number of rotatable bonds is 10. The van der Waals surface area contributed by atoms with E-state index in [1.54, 1.807) is 6.08 Å². The third-order valence-corrected chi connectivity index (χ3v) is 5.34. The van der Waals surface area contributed by atoms with Crippen molar-refractivity contribution >= 4 is 23.6 Å². The summed E-state index contributed by atoms with van der Waals surface area (Å²) in [5.74, 6) is 0.128. The van der Waals surface area contributed by atoms with E-state index in [0.29, 0.717) is 11.7 Å². The predicted molar refractivity (Wildman–Crippen MR) is 110 cm³/mol. The molecule has 1 N–H and O–H groups in total. The van der Waals surface area contributed by atoms with Gasteiger partial charge in [0, 0.05) is 12.1 Å². The minimum absolute atomic E-state index is 0.0181. The van der Waals surface area contributed by atoms with Crippen LogP contribution < -0.4 is 5.32 Å². The lowest BCUT2D eigenvalue weighted by Gasteiger charge is -2.21. The molecule has 150 valence electrons. The van der Waals surface area contributed by atoms with E-state index in [2.05, 4.69) is 22.1 Å². The van der Waals surface area contributed by atoms with E-state index < -0.39 is 12.0 Å². The average Bonchev–Trinajstić information content (AvgIpc) is 3.12. The number of nitrogens with zero attached hydrogens (tertiary/aromatic N) is 3. The van der Waals surface area contributed by atoms with Crippen molar-refractivity contribution in [3.05, 3.63) is 43.0 Å². The monoisotopic (exact) mass is 402 g/mol. The smallest absolute Gasteiger partial charge is 0.328 e. The van der Waals surface area contributed by atoms with E-state index in [1.165, 1.54) is 18.9 Å². The van der Waals surface area contributed by atoms with Crippen molar-refractivity contribution < 1.29 is 14.3 Å². The Morgan fingerprint density at radius 2 is 2.04 bits per heavy atom. The molecule has 0 fully saturated rings. The SMILES string of the molecule is C=CCn1c(SCC(=O)N[C@@H](C(=O)OC)[C@@H](C)CC)nnc1-c1ccccc1. The second-order valence-electron chi connectivity index (χ2n) is 6.31. The molecule has 0 aliphatic heterocycles. The molecule has 0 saturated heterocycles. The van der Waals surface area contributed by atoms with Gasteiger partial charge < -0.3 is 10.1 Å². The molecule has 2 rings (SSSR count). The highest BCUT2D eigenvalue weighted by molar-refractivity contribution is 7.99. The number of carbonyl (C=O) groups excluding carboxylic acids is 2. The topological polar surface area (TPSA) is 86.1 Å². The molecule has 2 aromatic rings. The lowest BCUT2D eigenvalue weighted by molar-refractivity contribution is -0.146. The van der Waals surface area contributed by atoms with Gasteiger partial charge in [0.15, 0.2) is 11.0 Å². The molecule has 0 spiro atoms. The Kier molecular flexibility index (Phi) is 8.25. The Morgan fingerprint density at radius 3 is 2.64 bits per heavy atom. The van der Waals surface area contributed by atoms with Gasteiger partial charge in [-0.05, 0) is 5.92 Å². The van der Waals surface area contributed by atoms with E-state index in [-0.39, 0.29) is 17.6 Å². The summed E-state index contributed by atoms with van der Waals surface area (Å²) in [6.45, 7) is 8.18. The highest BCUT2D eigenvalue weighted by Crippen LogP contribution is 2.24. The van der Waals surface area contributed by atoms with Crippen LogP contribution in [0, 0.1) is 5.92 Å². The number of amides is 1. The summed E-state index contributed by atoms with van der Waals surface area (Å²) >= 11 is 1.27. The van der Waals surface area contributed by atoms with E-state index in [0.717, 1.165) is 17.8 Å². The summed E-state index contributed by atoms with van der Waals surface area (Å²) in [5.41, 5.74) is 0.940. The lowest BCUT2D eigenvalue weighted by Crippen LogP contribution is -2.46. The summed E-state index contributed by atoms with van der Waals surface area (Å²) in [4.78, 5) is 24.3. The van der Waals surface area contributed by atoms with E-state index in [4.69, 9.17) is 4.74 Å². The maximum absolute atomic E-state index is 12.4. The van der Waals surface area contributed by atoms with E-state index in [1.807, 2.05) is 48.7 Å². The molecule has 0 bridgehead atoms. The zero-order valence-electron chi connectivity index (χ0n) is 16.4. The molecule has 1 aromatic carbocycles. The fraction of sp³-hybridized carbons (Fsp3) is 0.400. The Labute approximate surface area is 169 Å². The number of ether oxygens (including phenoxy) is 1. The maximum atomic E-state index is 12.4. The standard InChI is InChI=1S/C20H26N4O3S/c1-5-12-24-18(15-10-8-7-9-11-15)22-23-20(24)28-13-16(25)21-17(14(3)6-2)19(26)27-4/h5,7-11,14,17H,1,6,12-13H2,2-4H3,(H,21,25)/t14-,17+/m0/s1. The van der Waals surface area contributed by atoms with Gasteiger partial charge in [-0.2, -0.15) is 0 Å². The van der Waals surface area contributed by atoms with Crippen molar-refractivity contribution in [2.45, 2.75) is 38.0 Å². The van der Waals surface area contributed by atoms with Crippen LogP contribution in [-0.2, 0) is 20.9 Å². The Balaban J connectivity index is 2.09. The number of aromatic nitrogens is 3. The number of carbonyl (C=O) groups is 2. The maximum Gasteiger partial charge on any atom is 0.328 e. The van der Waals surface area contributed by atoms with Crippen LogP contribution >= 0.6 is 11.8 Å². The minimum Gasteiger partial charge on any atom is -0.467 e. The molecule has 1 amide bonds. The zero-order chi connectivity index (χ0) is 20.5. The number of esters is 1. The van der Waals surface area contributed by atoms with Crippen LogP contribution in [0.5, 0.6) is 0 Å². The minimum atomic E-state index is -0.658. The van der Waals surface area contributed by atoms with Crippen molar-refractivity contribution in [3.63, 3.8) is 0 Å². The number of thioether (sulfide) groups is 1. The van der Waals surface area contributed by atoms with Gasteiger partial charge in [-0.1, -0.05) is 68.4 Å². The van der Waals surface area contributed by atoms with Gasteiger partial charge in [0.05, 0.1) is 12.9 Å². The van der Waals surface area contributed by atoms with Crippen molar-refractivity contribution in [2.24, 2.45) is 5.92 Å². The Morgan fingerprint density at radius 1 is 1.32 bits per heavy atom. The van der Waals surface area contributed by atoms with Crippen LogP contribution in [0.25, 0.3) is 11.4 Å². The first-order valence-electron chi connectivity index (χ1n) is 9.11. The van der Waals surface area contributed by atoms with Gasteiger partial charge in [0.1, 0.15) is 6.04 Å². The molecule has 0 aliphatic rings. The number of hydrogen-bond donors (Lipinski definition) is 1. The molecule has 1 heterocycles. The van der Waals surface area contributed by atoms with Crippen LogP contribution in [0.15, 0.2) is 48.1 Å². The van der Waals surface area contributed by atoms with Crippen LogP contribution in [0.3, 0.4) is 0 Å². The van der Waals surface area contributed by atoms with E-state index >= 15 is 0 Å². The van der Waals surface area contributed by atoms with Gasteiger partial charge >= 0.3 is 5.97 Å². The van der Waals surface area contributed by atoms with Crippen molar-refractivity contribution in [2.75, 3.05) is 12.9 Å². The largest absolute Gasteiger partial charge is 0.467 e. The van der Waals surface area contributed by atoms with Crippen molar-refractivity contribution in [3.8, 4) is 11.4 Å². The first kappa shape index (κ1) is 21.7. The first-order chi connectivity index (χ1) is 13.5. The molecular formula is C20H26N4O3S. The number of hydrogen-bond acceptors (Lipinski definition) is 6. The van der Waals surface area contributed by atoms with Crippen molar-refractivity contribution in [1.29, 1.82) is 0 Å². The van der Waals surface area contributed by atoms with Crippen LogP contribution in [0.4, 0.5) is 0 Å². The quantitative estimate of drug-likeness (QED) is 0.374. The van der Waals surface area contributed by atoms with Gasteiger partial charge in [-0.3, -0.25) is 9.36 Å². The third kappa shape index (κ3) is 5.45. The molecule has 1 aromatic heterocycles. The average molecular weight is 403 g/mol. The molecule has 8 heteroatoms. The van der Waals surface area contributed by atoms with E-state index in [9.17, 15) is 9.59 Å². The van der Waals surface area contributed by atoms with Gasteiger partial charge in [-0.25, -0.2) is 4.79 Å². The first-order valence-corrected chi connectivity index (χ1v) is 10.1. The summed E-state index contributed by atoms with van der Waals surface area (Å²) in [5, 5.41) is 11.9. The molecule has 0 radical (unpaired) electrons. The summed E-state index contributed by atoms with van der Waals surface area (Å²) < 4.78 is 6.71. The molecule has 0 unspecified atom stereocenters. The van der Waals surface area contributed by atoms with Crippen molar-refractivity contribution in [1.82, 2.24) is 20.1 Å². The Bertz CT molecular complexity index is 807. The summed E-state index contributed by atoms with van der Waals surface area (Å²) in [6.07, 6.45) is 2.51. The van der Waals surface area contributed by atoms with Gasteiger partial charge in [-0.15, -0.1) is 16.8 Å². The predicted octanol–water partition coefficient (Wildman–Crippen LogP) is 2.93. The highest BCUT2D eigenvalue weighted by atomic mass is 32.2. The Hall–Kier alpha value is -2.61. The van der Waals surface area contributed by atoms with Crippen LogP contribution in [-0.4, -0.2) is 45.5 Å². The lowest BCUT2D eigenvalue weighted by atomic mass is 9.99. The van der Waals surface area contributed by atoms with Crippen LogP contribution in [0.2, 0.25) is 0 Å². The number of methoxy groups -OCH3 is 1. The highest BCUT2D eigenvalue weighted by Gasteiger charge is 2.26. The van der Waals surface area contributed by atoms with Gasteiger partial charge in [0.25, 0.3) is 0 Å².